The number of halogens is 2. The van der Waals surface area contributed by atoms with Gasteiger partial charge in [-0.05, 0) is 60.7 Å². The summed E-state index contributed by atoms with van der Waals surface area (Å²) in [5.74, 6) is 1.16. The lowest BCUT2D eigenvalue weighted by Crippen LogP contribution is -2.42. The third kappa shape index (κ3) is 8.29. The Morgan fingerprint density at radius 2 is 1.83 bits per heavy atom. The molecule has 158 valence electrons. The first kappa shape index (κ1) is 23.0. The van der Waals surface area contributed by atoms with E-state index in [2.05, 4.69) is 15.6 Å². The topological polar surface area (TPSA) is 65.9 Å². The first-order valence-electron chi connectivity index (χ1n) is 9.36. The highest BCUT2D eigenvalue weighted by atomic mass is 32.2. The lowest BCUT2D eigenvalue weighted by Gasteiger charge is -2.16. The van der Waals surface area contributed by atoms with Gasteiger partial charge in [0.25, 0.3) is 0 Å². The Hall–Kier alpha value is -2.32. The van der Waals surface area contributed by atoms with Gasteiger partial charge in [-0.3, -0.25) is 0 Å². The van der Waals surface area contributed by atoms with Crippen molar-refractivity contribution in [1.29, 1.82) is 0 Å². The predicted octanol–water partition coefficient (Wildman–Crippen LogP) is 3.32. The number of rotatable bonds is 10. The van der Waals surface area contributed by atoms with Crippen molar-refractivity contribution in [3.8, 4) is 5.75 Å². The maximum atomic E-state index is 13.5. The van der Waals surface area contributed by atoms with E-state index in [-0.39, 0.29) is 24.8 Å². The van der Waals surface area contributed by atoms with Crippen LogP contribution in [0.25, 0.3) is 0 Å². The van der Waals surface area contributed by atoms with Gasteiger partial charge in [0.1, 0.15) is 30.1 Å². The summed E-state index contributed by atoms with van der Waals surface area (Å²) in [7, 11) is 0. The van der Waals surface area contributed by atoms with Gasteiger partial charge in [-0.2, -0.15) is 11.8 Å². The summed E-state index contributed by atoms with van der Waals surface area (Å²) in [4.78, 5) is 4.53. The zero-order valence-electron chi connectivity index (χ0n) is 16.6. The van der Waals surface area contributed by atoms with Crippen LogP contribution in [0.5, 0.6) is 5.75 Å². The van der Waals surface area contributed by atoms with Gasteiger partial charge in [0.05, 0.1) is 6.54 Å². The third-order valence-electron chi connectivity index (χ3n) is 3.98. The SMILES string of the molecule is CCNC(=NCc1ccc(F)cc1CSC)NCC(O)COc1ccc(F)cc1. The van der Waals surface area contributed by atoms with Crippen LogP contribution in [0.15, 0.2) is 47.5 Å². The molecule has 0 amide bonds. The second-order valence-electron chi connectivity index (χ2n) is 6.34. The number of nitrogens with zero attached hydrogens (tertiary/aromatic N) is 1. The number of guanidine groups is 1. The Morgan fingerprint density at radius 1 is 1.10 bits per heavy atom. The third-order valence-corrected chi connectivity index (χ3v) is 4.58. The molecule has 2 aromatic carbocycles. The fourth-order valence-electron chi connectivity index (χ4n) is 2.54. The lowest BCUT2D eigenvalue weighted by atomic mass is 10.1. The molecule has 0 bridgehead atoms. The maximum Gasteiger partial charge on any atom is 0.191 e. The fraction of sp³-hybridized carbons (Fsp3) is 0.381. The van der Waals surface area contributed by atoms with Crippen molar-refractivity contribution >= 4 is 17.7 Å². The number of thioether (sulfide) groups is 1. The summed E-state index contributed by atoms with van der Waals surface area (Å²) >= 11 is 1.63. The van der Waals surface area contributed by atoms with E-state index in [0.717, 1.165) is 11.1 Å². The van der Waals surface area contributed by atoms with Crippen LogP contribution in [0.1, 0.15) is 18.1 Å². The van der Waals surface area contributed by atoms with Crippen molar-refractivity contribution in [3.05, 3.63) is 65.2 Å². The summed E-state index contributed by atoms with van der Waals surface area (Å²) in [5.41, 5.74) is 1.88. The van der Waals surface area contributed by atoms with E-state index in [1.165, 1.54) is 36.4 Å². The molecule has 29 heavy (non-hydrogen) atoms. The van der Waals surface area contributed by atoms with Crippen LogP contribution in [0, 0.1) is 11.6 Å². The predicted molar refractivity (Wildman–Crippen MR) is 114 cm³/mol. The molecular weight excluding hydrogens is 396 g/mol. The average Bonchev–Trinajstić information content (AvgIpc) is 2.71. The van der Waals surface area contributed by atoms with E-state index in [1.807, 2.05) is 13.2 Å². The van der Waals surface area contributed by atoms with E-state index < -0.39 is 6.10 Å². The molecule has 0 aliphatic heterocycles. The Bertz CT molecular complexity index is 788. The van der Waals surface area contributed by atoms with Crippen molar-refractivity contribution in [3.63, 3.8) is 0 Å². The zero-order valence-corrected chi connectivity index (χ0v) is 17.4. The molecule has 0 radical (unpaired) electrons. The number of ether oxygens (including phenoxy) is 1. The lowest BCUT2D eigenvalue weighted by molar-refractivity contribution is 0.110. The normalized spacial score (nSPS) is 12.5. The molecule has 3 N–H and O–H groups in total. The molecule has 1 unspecified atom stereocenters. The average molecular weight is 424 g/mol. The summed E-state index contributed by atoms with van der Waals surface area (Å²) in [6, 6.07) is 10.3. The maximum absolute atomic E-state index is 13.5. The molecule has 1 atom stereocenters. The molecule has 0 saturated heterocycles. The molecule has 0 spiro atoms. The molecule has 0 heterocycles. The highest BCUT2D eigenvalue weighted by Crippen LogP contribution is 2.17. The summed E-state index contributed by atoms with van der Waals surface area (Å²) in [6.07, 6.45) is 1.20. The Morgan fingerprint density at radius 3 is 2.52 bits per heavy atom. The minimum absolute atomic E-state index is 0.0634. The highest BCUT2D eigenvalue weighted by molar-refractivity contribution is 7.97. The van der Waals surface area contributed by atoms with Gasteiger partial charge in [-0.15, -0.1) is 0 Å². The first-order chi connectivity index (χ1) is 14.0. The van der Waals surface area contributed by atoms with E-state index in [9.17, 15) is 13.9 Å². The van der Waals surface area contributed by atoms with Crippen molar-refractivity contribution in [1.82, 2.24) is 10.6 Å². The standard InChI is InChI=1S/C21H27F2N3O2S/c1-3-24-21(25-11-15-4-5-18(23)10-16(15)14-29-2)26-12-19(27)13-28-20-8-6-17(22)7-9-20/h4-10,19,27H,3,11-14H2,1-2H3,(H2,24,25,26). The number of nitrogens with one attached hydrogen (secondary N) is 2. The highest BCUT2D eigenvalue weighted by Gasteiger charge is 2.08. The second kappa shape index (κ2) is 12.3. The Kier molecular flexibility index (Phi) is 9.73. The number of benzene rings is 2. The van der Waals surface area contributed by atoms with Gasteiger partial charge in [0.15, 0.2) is 5.96 Å². The van der Waals surface area contributed by atoms with Crippen molar-refractivity contribution in [2.75, 3.05) is 26.0 Å². The van der Waals surface area contributed by atoms with E-state index in [1.54, 1.807) is 17.8 Å². The van der Waals surface area contributed by atoms with Crippen LogP contribution in [0.3, 0.4) is 0 Å². The van der Waals surface area contributed by atoms with Gasteiger partial charge < -0.3 is 20.5 Å². The minimum atomic E-state index is -0.776. The molecule has 0 aliphatic carbocycles. The molecule has 8 heteroatoms. The molecule has 0 fully saturated rings. The second-order valence-corrected chi connectivity index (χ2v) is 7.21. The molecule has 2 rings (SSSR count). The van der Waals surface area contributed by atoms with Gasteiger partial charge >= 0.3 is 0 Å². The van der Waals surface area contributed by atoms with Gasteiger partial charge in [0, 0.05) is 18.8 Å². The fourth-order valence-corrected chi connectivity index (χ4v) is 3.12. The molecular formula is C21H27F2N3O2S. The monoisotopic (exact) mass is 423 g/mol. The number of aliphatic hydroxyl groups excluding tert-OH is 1. The van der Waals surface area contributed by atoms with Crippen LogP contribution >= 0.6 is 11.8 Å². The minimum Gasteiger partial charge on any atom is -0.491 e. The quantitative estimate of drug-likeness (QED) is 0.404. The zero-order chi connectivity index (χ0) is 21.1. The summed E-state index contributed by atoms with van der Waals surface area (Å²) in [5, 5.41) is 16.3. The smallest absolute Gasteiger partial charge is 0.191 e. The number of hydrogen-bond acceptors (Lipinski definition) is 4. The van der Waals surface area contributed by atoms with E-state index in [0.29, 0.717) is 30.6 Å². The van der Waals surface area contributed by atoms with Crippen LogP contribution in [0.2, 0.25) is 0 Å². The molecule has 0 aromatic heterocycles. The van der Waals surface area contributed by atoms with Crippen LogP contribution in [-0.2, 0) is 12.3 Å². The Balaban J connectivity index is 1.89. The summed E-state index contributed by atoms with van der Waals surface area (Å²) in [6.45, 7) is 3.30. The first-order valence-corrected chi connectivity index (χ1v) is 10.8. The number of aliphatic imine (C=N–C) groups is 1. The van der Waals surface area contributed by atoms with Crippen LogP contribution in [-0.4, -0.2) is 43.1 Å². The van der Waals surface area contributed by atoms with Crippen molar-refractivity contribution in [2.24, 2.45) is 4.99 Å². The number of hydrogen-bond donors (Lipinski definition) is 3. The van der Waals surface area contributed by atoms with Gasteiger partial charge in [-0.25, -0.2) is 13.8 Å². The molecule has 5 nitrogen and oxygen atoms in total. The largest absolute Gasteiger partial charge is 0.491 e. The van der Waals surface area contributed by atoms with Gasteiger partial charge in [-0.1, -0.05) is 6.07 Å². The van der Waals surface area contributed by atoms with Crippen LogP contribution in [0.4, 0.5) is 8.78 Å². The van der Waals surface area contributed by atoms with E-state index >= 15 is 0 Å². The molecule has 2 aromatic rings. The van der Waals surface area contributed by atoms with Crippen molar-refractivity contribution < 1.29 is 18.6 Å². The number of aliphatic hydroxyl groups is 1. The van der Waals surface area contributed by atoms with E-state index in [4.69, 9.17) is 4.74 Å². The van der Waals surface area contributed by atoms with Crippen molar-refractivity contribution in [2.45, 2.75) is 25.3 Å². The summed E-state index contributed by atoms with van der Waals surface area (Å²) < 4.78 is 31.8. The Labute approximate surface area is 174 Å². The van der Waals surface area contributed by atoms with Gasteiger partial charge in [0.2, 0.25) is 0 Å². The molecule has 0 saturated carbocycles. The van der Waals surface area contributed by atoms with Crippen LogP contribution < -0.4 is 15.4 Å². The molecule has 0 aliphatic rings.